The molecule has 0 unspecified atom stereocenters. The van der Waals surface area contributed by atoms with Crippen molar-refractivity contribution in [3.63, 3.8) is 0 Å². The summed E-state index contributed by atoms with van der Waals surface area (Å²) in [5.41, 5.74) is 3.30. The van der Waals surface area contributed by atoms with E-state index in [0.717, 1.165) is 12.8 Å². The van der Waals surface area contributed by atoms with Gasteiger partial charge in [0, 0.05) is 0 Å². The molecule has 1 aromatic carbocycles. The monoisotopic (exact) mass is 217 g/mol. The number of hydrogen-bond acceptors (Lipinski definition) is 0. The van der Waals surface area contributed by atoms with E-state index in [4.69, 9.17) is 0 Å². The maximum atomic E-state index is 3.87. The molecule has 0 aromatic heterocycles. The molecule has 0 saturated heterocycles. The molecule has 0 fully saturated rings. The first-order valence-electron chi connectivity index (χ1n) is 6.38. The lowest BCUT2D eigenvalue weighted by molar-refractivity contribution is 0.411. The lowest BCUT2D eigenvalue weighted by atomic mass is 9.88. The van der Waals surface area contributed by atoms with Crippen molar-refractivity contribution in [1.82, 2.24) is 0 Å². The number of hydrogen-bond donors (Lipinski definition) is 0. The molecule has 0 atom stereocenters. The van der Waals surface area contributed by atoms with Crippen molar-refractivity contribution < 1.29 is 0 Å². The van der Waals surface area contributed by atoms with Gasteiger partial charge in [-0.15, -0.1) is 0 Å². The Labute approximate surface area is 101 Å². The van der Waals surface area contributed by atoms with E-state index in [1.165, 1.54) is 30.4 Å². The van der Waals surface area contributed by atoms with E-state index in [0.29, 0.717) is 5.41 Å². The number of rotatable bonds is 5. The van der Waals surface area contributed by atoms with Gasteiger partial charge >= 0.3 is 0 Å². The molecule has 0 aliphatic rings. The summed E-state index contributed by atoms with van der Waals surface area (Å²) in [7, 11) is 0. The summed E-state index contributed by atoms with van der Waals surface area (Å²) in [6, 6.07) is 9.13. The third-order valence-corrected chi connectivity index (χ3v) is 2.72. The van der Waals surface area contributed by atoms with E-state index in [-0.39, 0.29) is 0 Å². The van der Waals surface area contributed by atoms with Crippen LogP contribution in [0.15, 0.2) is 24.3 Å². The van der Waals surface area contributed by atoms with Gasteiger partial charge < -0.3 is 0 Å². The van der Waals surface area contributed by atoms with Crippen molar-refractivity contribution >= 4 is 0 Å². The molecule has 16 heavy (non-hydrogen) atoms. The number of unbranched alkanes of at least 4 members (excludes halogenated alkanes) is 2. The zero-order valence-electron chi connectivity index (χ0n) is 11.1. The van der Waals surface area contributed by atoms with E-state index >= 15 is 0 Å². The van der Waals surface area contributed by atoms with Gasteiger partial charge in [-0.25, -0.2) is 0 Å². The Hall–Kier alpha value is -0.780. The molecular formula is C16H25. The summed E-state index contributed by atoms with van der Waals surface area (Å²) < 4.78 is 0. The zero-order chi connectivity index (χ0) is 12.0. The summed E-state index contributed by atoms with van der Waals surface area (Å²) in [6.45, 7) is 10.7. The Morgan fingerprint density at radius 2 is 1.50 bits per heavy atom. The van der Waals surface area contributed by atoms with Gasteiger partial charge in [0.2, 0.25) is 0 Å². The maximum absolute atomic E-state index is 3.87. The first-order valence-corrected chi connectivity index (χ1v) is 6.38. The average molecular weight is 217 g/mol. The summed E-state index contributed by atoms with van der Waals surface area (Å²) >= 11 is 0. The second kappa shape index (κ2) is 6.08. The minimum absolute atomic E-state index is 0.384. The summed E-state index contributed by atoms with van der Waals surface area (Å²) in [5.74, 6) is 0. The molecule has 0 heterocycles. The van der Waals surface area contributed by atoms with Crippen molar-refractivity contribution in [1.29, 1.82) is 0 Å². The highest BCUT2D eigenvalue weighted by Crippen LogP contribution is 2.21. The van der Waals surface area contributed by atoms with Crippen LogP contribution in [0.3, 0.4) is 0 Å². The van der Waals surface area contributed by atoms with Gasteiger partial charge in [0.1, 0.15) is 0 Å². The van der Waals surface area contributed by atoms with Gasteiger partial charge in [-0.2, -0.15) is 0 Å². The molecule has 0 nitrogen and oxygen atoms in total. The summed E-state index contributed by atoms with van der Waals surface area (Å²) in [5, 5.41) is 0. The Kier molecular flexibility index (Phi) is 5.05. The topological polar surface area (TPSA) is 0 Å². The molecule has 1 radical (unpaired) electrons. The highest BCUT2D eigenvalue weighted by molar-refractivity contribution is 5.23. The van der Waals surface area contributed by atoms with Crippen molar-refractivity contribution in [3.8, 4) is 0 Å². The third-order valence-electron chi connectivity index (χ3n) is 2.72. The SMILES string of the molecule is [CH2]CCCCc1ccc(CC(C)(C)C)cc1. The van der Waals surface area contributed by atoms with Crippen molar-refractivity contribution in [2.75, 3.05) is 0 Å². The number of aryl methyl sites for hydroxylation is 1. The van der Waals surface area contributed by atoms with Crippen LogP contribution in [0.25, 0.3) is 0 Å². The smallest absolute Gasteiger partial charge is 0.0230 e. The largest absolute Gasteiger partial charge is 0.0599 e. The first-order chi connectivity index (χ1) is 7.51. The van der Waals surface area contributed by atoms with Gasteiger partial charge in [0.15, 0.2) is 0 Å². The van der Waals surface area contributed by atoms with E-state index in [1.807, 2.05) is 0 Å². The van der Waals surface area contributed by atoms with Crippen LogP contribution in [0.2, 0.25) is 0 Å². The fraction of sp³-hybridized carbons (Fsp3) is 0.562. The third kappa shape index (κ3) is 5.34. The van der Waals surface area contributed by atoms with Crippen LogP contribution in [0.1, 0.15) is 51.2 Å². The molecule has 89 valence electrons. The molecule has 0 spiro atoms. The average Bonchev–Trinajstić information content (AvgIpc) is 2.19. The normalized spacial score (nSPS) is 11.8. The molecule has 0 amide bonds. The minimum Gasteiger partial charge on any atom is -0.0599 e. The molecule has 0 heteroatoms. The second-order valence-electron chi connectivity index (χ2n) is 5.86. The molecule has 0 N–H and O–H groups in total. The predicted molar refractivity (Wildman–Crippen MR) is 72.5 cm³/mol. The van der Waals surface area contributed by atoms with Crippen LogP contribution in [-0.2, 0) is 12.8 Å². The molecule has 0 bridgehead atoms. The molecular weight excluding hydrogens is 192 g/mol. The van der Waals surface area contributed by atoms with E-state index in [9.17, 15) is 0 Å². The lowest BCUT2D eigenvalue weighted by Crippen LogP contribution is -2.08. The zero-order valence-corrected chi connectivity index (χ0v) is 11.1. The fourth-order valence-electron chi connectivity index (χ4n) is 1.94. The minimum atomic E-state index is 0.384. The lowest BCUT2D eigenvalue weighted by Gasteiger charge is -2.18. The predicted octanol–water partition coefficient (Wildman–Crippen LogP) is 4.82. The Morgan fingerprint density at radius 1 is 0.938 bits per heavy atom. The fourth-order valence-corrected chi connectivity index (χ4v) is 1.94. The summed E-state index contributed by atoms with van der Waals surface area (Å²) in [6.07, 6.45) is 5.92. The number of benzene rings is 1. The van der Waals surface area contributed by atoms with Gasteiger partial charge in [-0.3, -0.25) is 0 Å². The summed E-state index contributed by atoms with van der Waals surface area (Å²) in [4.78, 5) is 0. The van der Waals surface area contributed by atoms with E-state index in [1.54, 1.807) is 0 Å². The quantitative estimate of drug-likeness (QED) is 0.620. The second-order valence-corrected chi connectivity index (χ2v) is 5.86. The Morgan fingerprint density at radius 3 is 2.00 bits per heavy atom. The Balaban J connectivity index is 2.48. The van der Waals surface area contributed by atoms with Crippen LogP contribution in [0, 0.1) is 12.3 Å². The van der Waals surface area contributed by atoms with E-state index in [2.05, 4.69) is 52.0 Å². The molecule has 0 aliphatic carbocycles. The van der Waals surface area contributed by atoms with Gasteiger partial charge in [0.25, 0.3) is 0 Å². The van der Waals surface area contributed by atoms with Crippen LogP contribution in [0.4, 0.5) is 0 Å². The van der Waals surface area contributed by atoms with Gasteiger partial charge in [-0.05, 0) is 35.8 Å². The Bertz CT molecular complexity index is 287. The molecule has 1 aromatic rings. The van der Waals surface area contributed by atoms with Crippen LogP contribution < -0.4 is 0 Å². The first kappa shape index (κ1) is 13.3. The standard InChI is InChI=1S/C16H25/c1-5-6-7-8-14-9-11-15(12-10-14)13-16(2,3)4/h9-12H,1,5-8,13H2,2-4H3. The van der Waals surface area contributed by atoms with Crippen molar-refractivity contribution in [2.24, 2.45) is 5.41 Å². The van der Waals surface area contributed by atoms with Crippen LogP contribution in [-0.4, -0.2) is 0 Å². The van der Waals surface area contributed by atoms with Crippen LogP contribution in [0.5, 0.6) is 0 Å². The maximum Gasteiger partial charge on any atom is -0.0230 e. The molecule has 0 aliphatic heterocycles. The van der Waals surface area contributed by atoms with Gasteiger partial charge in [0.05, 0.1) is 0 Å². The highest BCUT2D eigenvalue weighted by atomic mass is 14.2. The van der Waals surface area contributed by atoms with Gasteiger partial charge in [-0.1, -0.05) is 64.8 Å². The molecule has 0 saturated carbocycles. The van der Waals surface area contributed by atoms with Crippen molar-refractivity contribution in [2.45, 2.75) is 52.9 Å². The van der Waals surface area contributed by atoms with Crippen LogP contribution >= 0.6 is 0 Å². The van der Waals surface area contributed by atoms with E-state index < -0.39 is 0 Å². The molecule has 1 rings (SSSR count). The van der Waals surface area contributed by atoms with Crippen molar-refractivity contribution in [3.05, 3.63) is 42.3 Å². The highest BCUT2D eigenvalue weighted by Gasteiger charge is 2.10.